The highest BCUT2D eigenvalue weighted by Gasteiger charge is 1.95. The Bertz CT molecular complexity index is 343. The zero-order valence-corrected chi connectivity index (χ0v) is 16.2. The van der Waals surface area contributed by atoms with Gasteiger partial charge in [-0.2, -0.15) is 0 Å². The number of benzene rings is 1. The van der Waals surface area contributed by atoms with Crippen LogP contribution in [-0.2, 0) is 16.1 Å². The van der Waals surface area contributed by atoms with Crippen molar-refractivity contribution in [2.75, 3.05) is 39.6 Å². The van der Waals surface area contributed by atoms with Crippen molar-refractivity contribution in [1.29, 1.82) is 0 Å². The molecule has 0 aromatic heterocycles. The highest BCUT2D eigenvalue weighted by atomic mass is 16.5. The van der Waals surface area contributed by atoms with Crippen LogP contribution in [-0.4, -0.2) is 55.0 Å². The van der Waals surface area contributed by atoms with E-state index in [9.17, 15) is 0 Å². The molecule has 2 rings (SSSR count). The number of unbranched alkanes of at least 4 members (excludes halogenated alkanes) is 4. The molecule has 5 nitrogen and oxygen atoms in total. The summed E-state index contributed by atoms with van der Waals surface area (Å²) < 4.78 is 10.4. The third-order valence-electron chi connectivity index (χ3n) is 3.70. The van der Waals surface area contributed by atoms with Gasteiger partial charge in [-0.1, -0.05) is 30.3 Å². The number of rotatable bonds is 11. The second-order valence-electron chi connectivity index (χ2n) is 6.15. The van der Waals surface area contributed by atoms with Crippen LogP contribution in [0.25, 0.3) is 0 Å². The lowest BCUT2D eigenvalue weighted by molar-refractivity contribution is 0.115. The first kappa shape index (κ1) is 25.0. The Kier molecular flexibility index (Phi) is 21.2. The van der Waals surface area contributed by atoms with Crippen molar-refractivity contribution in [2.24, 2.45) is 0 Å². The van der Waals surface area contributed by atoms with Crippen LogP contribution in [0.1, 0.15) is 56.9 Å². The van der Waals surface area contributed by atoms with Crippen molar-refractivity contribution in [2.45, 2.75) is 58.0 Å². The molecule has 1 heterocycles. The van der Waals surface area contributed by atoms with E-state index in [1.165, 1.54) is 18.4 Å². The topological polar surface area (TPSA) is 79.2 Å². The van der Waals surface area contributed by atoms with Crippen molar-refractivity contribution in [1.82, 2.24) is 0 Å². The Morgan fingerprint density at radius 1 is 0.731 bits per heavy atom. The first-order valence-corrected chi connectivity index (χ1v) is 9.87. The molecule has 0 radical (unpaired) electrons. The summed E-state index contributed by atoms with van der Waals surface area (Å²) in [7, 11) is 0. The summed E-state index contributed by atoms with van der Waals surface area (Å²) in [6.45, 7) is 4.27. The molecule has 0 aliphatic carbocycles. The van der Waals surface area contributed by atoms with Gasteiger partial charge in [-0.05, 0) is 56.9 Å². The standard InChI is InChI=1S/C12H18O2.C5H12O2.C4H8O/c13-9-5-2-6-10-14-11-12-7-3-1-4-8-12;6-4-2-1-3-5-7;1-2-4-5-3-1/h1,3-4,7-8,13H,2,5-6,9-11H2;6-7H,1-5H2;1-4H2. The van der Waals surface area contributed by atoms with E-state index in [0.29, 0.717) is 13.2 Å². The van der Waals surface area contributed by atoms with Crippen molar-refractivity contribution >= 4 is 0 Å². The SMILES string of the molecule is C1CCOC1.OCCCCCO.OCCCCCOCc1ccccc1. The molecule has 1 aromatic rings. The van der Waals surface area contributed by atoms with Gasteiger partial charge in [0.2, 0.25) is 0 Å². The third-order valence-corrected chi connectivity index (χ3v) is 3.70. The van der Waals surface area contributed by atoms with E-state index < -0.39 is 0 Å². The molecule has 0 saturated carbocycles. The minimum absolute atomic E-state index is 0.250. The van der Waals surface area contributed by atoms with Crippen LogP contribution in [0.15, 0.2) is 30.3 Å². The molecule has 0 atom stereocenters. The van der Waals surface area contributed by atoms with Crippen molar-refractivity contribution in [3.05, 3.63) is 35.9 Å². The largest absolute Gasteiger partial charge is 0.396 e. The highest BCUT2D eigenvalue weighted by Crippen LogP contribution is 2.02. The monoisotopic (exact) mass is 370 g/mol. The molecular formula is C21H38O5. The fourth-order valence-corrected chi connectivity index (χ4v) is 2.17. The summed E-state index contributed by atoms with van der Waals surface area (Å²) in [5, 5.41) is 25.0. The lowest BCUT2D eigenvalue weighted by atomic mass is 10.2. The zero-order valence-electron chi connectivity index (χ0n) is 16.2. The molecule has 26 heavy (non-hydrogen) atoms. The summed E-state index contributed by atoms with van der Waals surface area (Å²) in [4.78, 5) is 0. The van der Waals surface area contributed by atoms with Gasteiger partial charge in [-0.3, -0.25) is 0 Å². The van der Waals surface area contributed by atoms with Crippen LogP contribution in [0.5, 0.6) is 0 Å². The molecule has 1 fully saturated rings. The molecular weight excluding hydrogens is 332 g/mol. The lowest BCUT2D eigenvalue weighted by Gasteiger charge is -2.03. The maximum absolute atomic E-state index is 8.56. The molecule has 0 unspecified atom stereocenters. The minimum atomic E-state index is 0.250. The van der Waals surface area contributed by atoms with E-state index in [1.54, 1.807) is 0 Å². The minimum Gasteiger partial charge on any atom is -0.396 e. The van der Waals surface area contributed by atoms with Gasteiger partial charge in [-0.15, -0.1) is 0 Å². The quantitative estimate of drug-likeness (QED) is 0.521. The first-order valence-electron chi connectivity index (χ1n) is 9.87. The predicted octanol–water partition coefficient (Wildman–Crippen LogP) is 3.30. The summed E-state index contributed by atoms with van der Waals surface area (Å²) in [5.41, 5.74) is 1.22. The predicted molar refractivity (Wildman–Crippen MR) is 105 cm³/mol. The van der Waals surface area contributed by atoms with E-state index in [4.69, 9.17) is 24.8 Å². The number of hydrogen-bond acceptors (Lipinski definition) is 5. The Hall–Kier alpha value is -0.980. The molecule has 0 bridgehead atoms. The molecule has 0 amide bonds. The molecule has 152 valence electrons. The van der Waals surface area contributed by atoms with Gasteiger partial charge in [0.1, 0.15) is 0 Å². The van der Waals surface area contributed by atoms with Gasteiger partial charge in [0.25, 0.3) is 0 Å². The lowest BCUT2D eigenvalue weighted by Crippen LogP contribution is -1.96. The van der Waals surface area contributed by atoms with Crippen LogP contribution in [0.2, 0.25) is 0 Å². The Balaban J connectivity index is 0.000000430. The van der Waals surface area contributed by atoms with Crippen LogP contribution < -0.4 is 0 Å². The van der Waals surface area contributed by atoms with Crippen molar-refractivity contribution < 1.29 is 24.8 Å². The Morgan fingerprint density at radius 3 is 1.73 bits per heavy atom. The average molecular weight is 371 g/mol. The summed E-state index contributed by atoms with van der Waals surface area (Å²) in [6, 6.07) is 10.2. The number of aliphatic hydroxyl groups excluding tert-OH is 3. The second kappa shape index (κ2) is 22.1. The normalized spacial score (nSPS) is 12.7. The first-order chi connectivity index (χ1) is 12.8. The molecule has 1 aliphatic rings. The third kappa shape index (κ3) is 19.3. The van der Waals surface area contributed by atoms with Gasteiger partial charge in [-0.25, -0.2) is 0 Å². The fourth-order valence-electron chi connectivity index (χ4n) is 2.17. The number of ether oxygens (including phenoxy) is 2. The van der Waals surface area contributed by atoms with Gasteiger partial charge in [0.05, 0.1) is 6.61 Å². The molecule has 5 heteroatoms. The second-order valence-corrected chi connectivity index (χ2v) is 6.15. The van der Waals surface area contributed by atoms with E-state index in [0.717, 1.165) is 58.3 Å². The summed E-state index contributed by atoms with van der Waals surface area (Å²) in [6.07, 6.45) is 8.10. The van der Waals surface area contributed by atoms with Crippen LogP contribution in [0, 0.1) is 0 Å². The van der Waals surface area contributed by atoms with Crippen LogP contribution in [0.4, 0.5) is 0 Å². The van der Waals surface area contributed by atoms with E-state index >= 15 is 0 Å². The molecule has 1 saturated heterocycles. The summed E-state index contributed by atoms with van der Waals surface area (Å²) >= 11 is 0. The van der Waals surface area contributed by atoms with Crippen LogP contribution in [0.3, 0.4) is 0 Å². The van der Waals surface area contributed by atoms with Gasteiger partial charge >= 0.3 is 0 Å². The number of hydrogen-bond donors (Lipinski definition) is 3. The Morgan fingerprint density at radius 2 is 1.27 bits per heavy atom. The molecule has 0 spiro atoms. The van der Waals surface area contributed by atoms with Gasteiger partial charge in [0, 0.05) is 39.6 Å². The highest BCUT2D eigenvalue weighted by molar-refractivity contribution is 5.13. The number of aliphatic hydroxyl groups is 3. The smallest absolute Gasteiger partial charge is 0.0716 e. The van der Waals surface area contributed by atoms with Crippen molar-refractivity contribution in [3.8, 4) is 0 Å². The van der Waals surface area contributed by atoms with E-state index in [1.807, 2.05) is 18.2 Å². The Labute approximate surface area is 159 Å². The van der Waals surface area contributed by atoms with E-state index in [2.05, 4.69) is 12.1 Å². The summed E-state index contributed by atoms with van der Waals surface area (Å²) in [5.74, 6) is 0. The van der Waals surface area contributed by atoms with E-state index in [-0.39, 0.29) is 13.2 Å². The van der Waals surface area contributed by atoms with Crippen LogP contribution >= 0.6 is 0 Å². The van der Waals surface area contributed by atoms with Crippen molar-refractivity contribution in [3.63, 3.8) is 0 Å². The molecule has 1 aliphatic heterocycles. The maximum Gasteiger partial charge on any atom is 0.0716 e. The maximum atomic E-state index is 8.56. The zero-order chi connectivity index (χ0) is 19.1. The fraction of sp³-hybridized carbons (Fsp3) is 0.714. The molecule has 1 aromatic carbocycles. The molecule has 3 N–H and O–H groups in total. The van der Waals surface area contributed by atoms with Gasteiger partial charge < -0.3 is 24.8 Å². The van der Waals surface area contributed by atoms with Gasteiger partial charge in [0.15, 0.2) is 0 Å². The average Bonchev–Trinajstić information content (AvgIpc) is 3.27.